The van der Waals surface area contributed by atoms with E-state index >= 15 is 0 Å². The van der Waals surface area contributed by atoms with Gasteiger partial charge in [0.1, 0.15) is 10.9 Å². The summed E-state index contributed by atoms with van der Waals surface area (Å²) in [7, 11) is 1.69. The fourth-order valence-corrected chi connectivity index (χ4v) is 3.82. The van der Waals surface area contributed by atoms with Crippen molar-refractivity contribution in [2.45, 2.75) is 45.3 Å². The first-order valence-corrected chi connectivity index (χ1v) is 8.23. The summed E-state index contributed by atoms with van der Waals surface area (Å²) < 4.78 is 5.25. The standard InChI is InChI=1S/C19H23ClN2O/c1-18(2)15-10-11-16(20)21-17(15)19(3,4)22(18)12-13-6-8-14(23-5)9-7-13/h6-11H,12H2,1-5H3. The smallest absolute Gasteiger partial charge is 0.129 e. The van der Waals surface area contributed by atoms with Crippen LogP contribution >= 0.6 is 11.6 Å². The highest BCUT2D eigenvalue weighted by atomic mass is 35.5. The molecule has 4 heteroatoms. The molecule has 1 aliphatic rings. The van der Waals surface area contributed by atoms with E-state index in [0.29, 0.717) is 5.15 Å². The van der Waals surface area contributed by atoms with Crippen LogP contribution in [0.3, 0.4) is 0 Å². The largest absolute Gasteiger partial charge is 0.497 e. The average molecular weight is 331 g/mol. The number of hydrogen-bond acceptors (Lipinski definition) is 3. The zero-order valence-corrected chi connectivity index (χ0v) is 15.1. The highest BCUT2D eigenvalue weighted by Crippen LogP contribution is 2.49. The number of fused-ring (bicyclic) bond motifs is 1. The van der Waals surface area contributed by atoms with E-state index in [1.807, 2.05) is 18.2 Å². The van der Waals surface area contributed by atoms with Gasteiger partial charge in [-0.1, -0.05) is 29.8 Å². The SMILES string of the molecule is COc1ccc(CN2C(C)(C)c3ccc(Cl)nc3C2(C)C)cc1. The second-order valence-corrected chi connectivity index (χ2v) is 7.47. The summed E-state index contributed by atoms with van der Waals surface area (Å²) in [5.41, 5.74) is 3.30. The van der Waals surface area contributed by atoms with Crippen molar-refractivity contribution in [1.29, 1.82) is 0 Å². The summed E-state index contributed by atoms with van der Waals surface area (Å²) in [4.78, 5) is 7.11. The maximum Gasteiger partial charge on any atom is 0.129 e. The number of halogens is 1. The molecule has 0 fully saturated rings. The molecule has 0 saturated carbocycles. The van der Waals surface area contributed by atoms with Crippen molar-refractivity contribution in [2.75, 3.05) is 7.11 Å². The van der Waals surface area contributed by atoms with Gasteiger partial charge in [-0.15, -0.1) is 0 Å². The topological polar surface area (TPSA) is 25.4 Å². The summed E-state index contributed by atoms with van der Waals surface area (Å²) in [6, 6.07) is 12.2. The molecule has 0 bridgehead atoms. The minimum atomic E-state index is -0.177. The molecule has 1 aliphatic heterocycles. The van der Waals surface area contributed by atoms with Gasteiger partial charge in [0.2, 0.25) is 0 Å². The van der Waals surface area contributed by atoms with Crippen LogP contribution in [0.4, 0.5) is 0 Å². The minimum absolute atomic E-state index is 0.101. The van der Waals surface area contributed by atoms with Crippen LogP contribution in [0.1, 0.15) is 44.5 Å². The summed E-state index contributed by atoms with van der Waals surface area (Å²) >= 11 is 6.14. The summed E-state index contributed by atoms with van der Waals surface area (Å²) in [6.45, 7) is 9.78. The van der Waals surface area contributed by atoms with Gasteiger partial charge >= 0.3 is 0 Å². The predicted octanol–water partition coefficient (Wildman–Crippen LogP) is 4.73. The average Bonchev–Trinajstić information content (AvgIpc) is 2.65. The first kappa shape index (κ1) is 16.3. The van der Waals surface area contributed by atoms with E-state index in [2.05, 4.69) is 55.8 Å². The molecule has 0 N–H and O–H groups in total. The molecule has 3 nitrogen and oxygen atoms in total. The van der Waals surface area contributed by atoms with Crippen molar-refractivity contribution in [2.24, 2.45) is 0 Å². The third-order valence-electron chi connectivity index (χ3n) is 4.95. The molecular formula is C19H23ClN2O. The van der Waals surface area contributed by atoms with E-state index in [-0.39, 0.29) is 11.1 Å². The Morgan fingerprint density at radius 3 is 2.26 bits per heavy atom. The van der Waals surface area contributed by atoms with Crippen molar-refractivity contribution in [1.82, 2.24) is 9.88 Å². The van der Waals surface area contributed by atoms with Gasteiger partial charge in [0.05, 0.1) is 18.3 Å². The molecule has 0 atom stereocenters. The maximum atomic E-state index is 6.14. The molecule has 0 saturated heterocycles. The Labute approximate surface area is 143 Å². The Morgan fingerprint density at radius 2 is 1.65 bits per heavy atom. The molecule has 0 amide bonds. The number of aromatic nitrogens is 1. The lowest BCUT2D eigenvalue weighted by molar-refractivity contribution is 0.0298. The molecule has 2 aromatic rings. The van der Waals surface area contributed by atoms with Crippen molar-refractivity contribution >= 4 is 11.6 Å². The Bertz CT molecular complexity index is 723. The van der Waals surface area contributed by atoms with Crippen LogP contribution in [-0.4, -0.2) is 17.0 Å². The van der Waals surface area contributed by atoms with Gasteiger partial charge in [0, 0.05) is 12.1 Å². The molecule has 0 aliphatic carbocycles. The van der Waals surface area contributed by atoms with Crippen LogP contribution in [0.15, 0.2) is 36.4 Å². The predicted molar refractivity (Wildman–Crippen MR) is 93.8 cm³/mol. The van der Waals surface area contributed by atoms with Crippen LogP contribution in [0.2, 0.25) is 5.15 Å². The van der Waals surface area contributed by atoms with Gasteiger partial charge in [0.25, 0.3) is 0 Å². The normalized spacial score (nSPS) is 18.7. The summed E-state index contributed by atoms with van der Waals surface area (Å²) in [5, 5.41) is 0.555. The van der Waals surface area contributed by atoms with Gasteiger partial charge in [0.15, 0.2) is 0 Å². The van der Waals surface area contributed by atoms with Crippen molar-refractivity contribution in [3.05, 3.63) is 58.4 Å². The summed E-state index contributed by atoms with van der Waals surface area (Å²) in [6.07, 6.45) is 0. The first-order valence-electron chi connectivity index (χ1n) is 7.85. The Hall–Kier alpha value is -1.58. The van der Waals surface area contributed by atoms with Crippen molar-refractivity contribution in [3.63, 3.8) is 0 Å². The van der Waals surface area contributed by atoms with Gasteiger partial charge in [-0.3, -0.25) is 4.90 Å². The van der Waals surface area contributed by atoms with E-state index in [9.17, 15) is 0 Å². The second kappa shape index (κ2) is 5.50. The number of benzene rings is 1. The fourth-order valence-electron chi connectivity index (χ4n) is 3.68. The molecule has 0 unspecified atom stereocenters. The van der Waals surface area contributed by atoms with E-state index in [0.717, 1.165) is 18.0 Å². The van der Waals surface area contributed by atoms with Crippen molar-refractivity contribution < 1.29 is 4.74 Å². The minimum Gasteiger partial charge on any atom is -0.497 e. The lowest BCUT2D eigenvalue weighted by Gasteiger charge is -2.40. The monoisotopic (exact) mass is 330 g/mol. The molecule has 0 spiro atoms. The molecule has 122 valence electrons. The zero-order chi connectivity index (χ0) is 16.8. The lowest BCUT2D eigenvalue weighted by atomic mass is 9.95. The molecule has 3 rings (SSSR count). The Morgan fingerprint density at radius 1 is 1.00 bits per heavy atom. The van der Waals surface area contributed by atoms with E-state index < -0.39 is 0 Å². The van der Waals surface area contributed by atoms with Crippen LogP contribution in [-0.2, 0) is 17.6 Å². The van der Waals surface area contributed by atoms with E-state index in [4.69, 9.17) is 16.3 Å². The van der Waals surface area contributed by atoms with Crippen LogP contribution < -0.4 is 4.74 Å². The van der Waals surface area contributed by atoms with Crippen LogP contribution in [0.25, 0.3) is 0 Å². The highest BCUT2D eigenvalue weighted by molar-refractivity contribution is 6.29. The third kappa shape index (κ3) is 2.62. The van der Waals surface area contributed by atoms with Gasteiger partial charge in [-0.2, -0.15) is 0 Å². The molecular weight excluding hydrogens is 308 g/mol. The number of nitrogens with zero attached hydrogens (tertiary/aromatic N) is 2. The quantitative estimate of drug-likeness (QED) is 0.761. The molecule has 2 heterocycles. The number of pyridine rings is 1. The maximum absolute atomic E-state index is 6.14. The number of methoxy groups -OCH3 is 1. The molecule has 0 radical (unpaired) electrons. The number of ether oxygens (including phenoxy) is 1. The van der Waals surface area contributed by atoms with Gasteiger partial charge < -0.3 is 4.74 Å². The molecule has 1 aromatic carbocycles. The van der Waals surface area contributed by atoms with Crippen LogP contribution in [0.5, 0.6) is 5.75 Å². The Balaban J connectivity index is 1.99. The number of rotatable bonds is 3. The van der Waals surface area contributed by atoms with Gasteiger partial charge in [-0.05, 0) is 57.0 Å². The lowest BCUT2D eigenvalue weighted by Crippen LogP contribution is -2.44. The fraction of sp³-hybridized carbons (Fsp3) is 0.421. The third-order valence-corrected chi connectivity index (χ3v) is 5.16. The van der Waals surface area contributed by atoms with E-state index in [1.165, 1.54) is 11.1 Å². The van der Waals surface area contributed by atoms with Crippen LogP contribution in [0, 0.1) is 0 Å². The Kier molecular flexibility index (Phi) is 3.89. The number of hydrogen-bond donors (Lipinski definition) is 0. The highest BCUT2D eigenvalue weighted by Gasteiger charge is 2.49. The summed E-state index contributed by atoms with van der Waals surface area (Å²) in [5.74, 6) is 0.880. The first-order chi connectivity index (χ1) is 10.8. The molecule has 1 aromatic heterocycles. The zero-order valence-electron chi connectivity index (χ0n) is 14.4. The van der Waals surface area contributed by atoms with E-state index in [1.54, 1.807) is 7.11 Å². The van der Waals surface area contributed by atoms with Crippen molar-refractivity contribution in [3.8, 4) is 5.75 Å². The van der Waals surface area contributed by atoms with Gasteiger partial charge in [-0.25, -0.2) is 4.98 Å². The molecule has 23 heavy (non-hydrogen) atoms. The second-order valence-electron chi connectivity index (χ2n) is 7.08.